The number of fused-ring (bicyclic) bond motifs is 3. The van der Waals surface area contributed by atoms with Crippen molar-refractivity contribution >= 4 is 17.7 Å². The molecule has 0 aliphatic carbocycles. The second-order valence-corrected chi connectivity index (χ2v) is 4.29. The van der Waals surface area contributed by atoms with Gasteiger partial charge in [-0.25, -0.2) is 9.50 Å². The number of anilines is 1. The van der Waals surface area contributed by atoms with E-state index in [0.717, 1.165) is 9.42 Å². The lowest BCUT2D eigenvalue weighted by Crippen LogP contribution is -2.27. The lowest BCUT2D eigenvalue weighted by atomic mass is 10.1. The molecule has 6 nitrogen and oxygen atoms in total. The predicted octanol–water partition coefficient (Wildman–Crippen LogP) is 1.22. The number of carbonyl (C=O) groups excluding carboxylic acids is 1. The number of nitriles is 1. The molecule has 0 radical (unpaired) electrons. The summed E-state index contributed by atoms with van der Waals surface area (Å²) < 4.78 is 40.3. The minimum absolute atomic E-state index is 0.0311. The van der Waals surface area contributed by atoms with Gasteiger partial charge in [0.05, 0.1) is 17.6 Å². The first-order valence-corrected chi connectivity index (χ1v) is 5.53. The van der Waals surface area contributed by atoms with E-state index in [-0.39, 0.29) is 22.7 Å². The monoisotopic (exact) mass is 281 g/mol. The first-order valence-electron chi connectivity index (χ1n) is 5.53. The van der Waals surface area contributed by atoms with Crippen LogP contribution < -0.4 is 4.90 Å². The largest absolute Gasteiger partial charge is 0.399 e. The number of amides is 1. The van der Waals surface area contributed by atoms with Crippen LogP contribution in [-0.2, 0) is 4.79 Å². The smallest absolute Gasteiger partial charge is 0.311 e. The van der Waals surface area contributed by atoms with E-state index in [2.05, 4.69) is 10.1 Å². The lowest BCUT2D eigenvalue weighted by molar-refractivity contribution is -0.147. The van der Waals surface area contributed by atoms with Crippen LogP contribution in [0.15, 0.2) is 12.3 Å². The van der Waals surface area contributed by atoms with Gasteiger partial charge in [0.2, 0.25) is 6.41 Å². The second kappa shape index (κ2) is 3.93. The molecule has 1 aliphatic heterocycles. The van der Waals surface area contributed by atoms with Crippen LogP contribution in [0, 0.1) is 11.3 Å². The minimum atomic E-state index is -4.51. The number of hydrogen-bond donors (Lipinski definition) is 0. The first-order chi connectivity index (χ1) is 9.45. The molecule has 9 heteroatoms. The number of aromatic nitrogens is 3. The summed E-state index contributed by atoms with van der Waals surface area (Å²) in [6.45, 7) is -0.509. The van der Waals surface area contributed by atoms with E-state index in [1.807, 2.05) is 0 Å². The number of alkyl halides is 3. The second-order valence-electron chi connectivity index (χ2n) is 4.29. The molecular weight excluding hydrogens is 275 g/mol. The Morgan fingerprint density at radius 1 is 1.50 bits per heavy atom. The Hall–Kier alpha value is -2.63. The standard InChI is InChI=1S/C11H6F3N5O/c12-11(13,14)7-4-18(5-20)8-3-16-9-1-6(2-15)17-19(9)10(7)8/h1,3,5,7H,4H2. The molecule has 3 heterocycles. The van der Waals surface area contributed by atoms with E-state index in [1.165, 1.54) is 12.3 Å². The van der Waals surface area contributed by atoms with Crippen LogP contribution in [0.4, 0.5) is 18.9 Å². The highest BCUT2D eigenvalue weighted by molar-refractivity contribution is 5.80. The van der Waals surface area contributed by atoms with Crippen LogP contribution in [0.3, 0.4) is 0 Å². The molecular formula is C11H6F3N5O. The van der Waals surface area contributed by atoms with Crippen LogP contribution in [0.25, 0.3) is 5.65 Å². The van der Waals surface area contributed by atoms with Crippen LogP contribution in [0.5, 0.6) is 0 Å². The van der Waals surface area contributed by atoms with Crippen LogP contribution in [0.1, 0.15) is 17.3 Å². The van der Waals surface area contributed by atoms with E-state index >= 15 is 0 Å². The van der Waals surface area contributed by atoms with Crippen molar-refractivity contribution in [2.24, 2.45) is 0 Å². The van der Waals surface area contributed by atoms with Crippen LogP contribution >= 0.6 is 0 Å². The molecule has 2 aromatic heterocycles. The Morgan fingerprint density at radius 2 is 2.25 bits per heavy atom. The predicted molar refractivity (Wildman–Crippen MR) is 59.9 cm³/mol. The lowest BCUT2D eigenvalue weighted by Gasteiger charge is -2.15. The molecule has 0 saturated heterocycles. The molecule has 0 saturated carbocycles. The van der Waals surface area contributed by atoms with Crippen molar-refractivity contribution in [2.75, 3.05) is 11.4 Å². The van der Waals surface area contributed by atoms with Gasteiger partial charge in [-0.05, 0) is 0 Å². The molecule has 0 fully saturated rings. The number of hydrogen-bond acceptors (Lipinski definition) is 4. The molecule has 1 amide bonds. The Labute approximate surface area is 110 Å². The molecule has 0 aromatic carbocycles. The van der Waals surface area contributed by atoms with E-state index in [1.54, 1.807) is 6.07 Å². The van der Waals surface area contributed by atoms with Gasteiger partial charge < -0.3 is 4.90 Å². The zero-order valence-electron chi connectivity index (χ0n) is 9.79. The maximum Gasteiger partial charge on any atom is 0.399 e. The average Bonchev–Trinajstić information content (AvgIpc) is 2.97. The molecule has 1 unspecified atom stereocenters. The van der Waals surface area contributed by atoms with Crippen molar-refractivity contribution in [1.29, 1.82) is 5.26 Å². The average molecular weight is 281 g/mol. The van der Waals surface area contributed by atoms with Gasteiger partial charge in [-0.2, -0.15) is 23.5 Å². The van der Waals surface area contributed by atoms with Gasteiger partial charge in [0, 0.05) is 12.6 Å². The Bertz CT molecular complexity index is 745. The number of rotatable bonds is 1. The summed E-state index contributed by atoms with van der Waals surface area (Å²) in [6, 6.07) is 3.04. The summed E-state index contributed by atoms with van der Waals surface area (Å²) in [6.07, 6.45) is -3.00. The third-order valence-electron chi connectivity index (χ3n) is 3.16. The molecule has 20 heavy (non-hydrogen) atoms. The van der Waals surface area contributed by atoms with Gasteiger partial charge >= 0.3 is 6.18 Å². The SMILES string of the molecule is N#Cc1cc2ncc3c(n2n1)C(C(F)(F)F)CN3C=O. The highest BCUT2D eigenvalue weighted by Crippen LogP contribution is 2.44. The zero-order chi connectivity index (χ0) is 14.5. The summed E-state index contributed by atoms with van der Waals surface area (Å²) in [5, 5.41) is 12.6. The van der Waals surface area contributed by atoms with E-state index in [4.69, 9.17) is 5.26 Å². The summed E-state index contributed by atoms with van der Waals surface area (Å²) >= 11 is 0. The fourth-order valence-electron chi connectivity index (χ4n) is 2.28. The van der Waals surface area contributed by atoms with Gasteiger partial charge in [0.1, 0.15) is 12.0 Å². The van der Waals surface area contributed by atoms with Crippen LogP contribution in [0.2, 0.25) is 0 Å². The number of halogens is 3. The van der Waals surface area contributed by atoms with E-state index in [0.29, 0.717) is 6.41 Å². The maximum absolute atomic E-state index is 13.1. The van der Waals surface area contributed by atoms with Gasteiger partial charge in [-0.1, -0.05) is 0 Å². The molecule has 0 N–H and O–H groups in total. The van der Waals surface area contributed by atoms with Crippen molar-refractivity contribution in [1.82, 2.24) is 14.6 Å². The number of carbonyl (C=O) groups is 1. The van der Waals surface area contributed by atoms with Crippen molar-refractivity contribution in [3.8, 4) is 6.07 Å². The van der Waals surface area contributed by atoms with E-state index < -0.39 is 18.6 Å². The van der Waals surface area contributed by atoms with Gasteiger partial charge in [-0.3, -0.25) is 4.79 Å². The van der Waals surface area contributed by atoms with Crippen molar-refractivity contribution < 1.29 is 18.0 Å². The fraction of sp³-hybridized carbons (Fsp3) is 0.273. The van der Waals surface area contributed by atoms with Crippen molar-refractivity contribution in [2.45, 2.75) is 12.1 Å². The van der Waals surface area contributed by atoms with Gasteiger partial charge in [0.15, 0.2) is 11.3 Å². The van der Waals surface area contributed by atoms with Crippen LogP contribution in [-0.4, -0.2) is 33.7 Å². The molecule has 1 atom stereocenters. The summed E-state index contributed by atoms with van der Waals surface area (Å²) in [4.78, 5) is 15.7. The third-order valence-corrected chi connectivity index (χ3v) is 3.16. The van der Waals surface area contributed by atoms with Crippen molar-refractivity contribution in [3.63, 3.8) is 0 Å². The summed E-state index contributed by atoms with van der Waals surface area (Å²) in [5.74, 6) is -1.85. The molecule has 3 rings (SSSR count). The molecule has 0 bridgehead atoms. The third kappa shape index (κ3) is 1.61. The van der Waals surface area contributed by atoms with E-state index in [9.17, 15) is 18.0 Å². The normalized spacial score (nSPS) is 18.1. The molecule has 1 aliphatic rings. The molecule has 2 aromatic rings. The molecule has 0 spiro atoms. The Kier molecular flexibility index (Phi) is 2.44. The fourth-order valence-corrected chi connectivity index (χ4v) is 2.28. The van der Waals surface area contributed by atoms with Gasteiger partial charge in [-0.15, -0.1) is 0 Å². The first kappa shape index (κ1) is 12.4. The minimum Gasteiger partial charge on any atom is -0.311 e. The van der Waals surface area contributed by atoms with Gasteiger partial charge in [0.25, 0.3) is 0 Å². The topological polar surface area (TPSA) is 74.3 Å². The summed E-state index contributed by atoms with van der Waals surface area (Å²) in [5.41, 5.74) is -0.00260. The molecule has 102 valence electrons. The highest BCUT2D eigenvalue weighted by Gasteiger charge is 2.49. The Balaban J connectivity index is 2.31. The summed E-state index contributed by atoms with van der Waals surface area (Å²) in [7, 11) is 0. The highest BCUT2D eigenvalue weighted by atomic mass is 19.4. The van der Waals surface area contributed by atoms with Crippen molar-refractivity contribution in [3.05, 3.63) is 23.7 Å². The maximum atomic E-state index is 13.1. The Morgan fingerprint density at radius 3 is 2.85 bits per heavy atom. The quantitative estimate of drug-likeness (QED) is 0.737. The number of nitrogens with zero attached hydrogens (tertiary/aromatic N) is 5. The zero-order valence-corrected chi connectivity index (χ0v) is 9.79.